The molecule has 3 rings (SSSR count). The van der Waals surface area contributed by atoms with Gasteiger partial charge in [-0.15, -0.1) is 0 Å². The Balaban J connectivity index is 2.06. The van der Waals surface area contributed by atoms with Gasteiger partial charge in [0.1, 0.15) is 0 Å². The third kappa shape index (κ3) is 3.04. The van der Waals surface area contributed by atoms with Gasteiger partial charge in [0.15, 0.2) is 0 Å². The van der Waals surface area contributed by atoms with E-state index in [1.54, 1.807) is 18.2 Å². The van der Waals surface area contributed by atoms with Crippen molar-refractivity contribution in [3.63, 3.8) is 0 Å². The molecule has 0 atom stereocenters. The Hall–Kier alpha value is -1.69. The summed E-state index contributed by atoms with van der Waals surface area (Å²) in [5.41, 5.74) is 3.70. The minimum absolute atomic E-state index is 0.348. The predicted molar refractivity (Wildman–Crippen MR) is 94.4 cm³/mol. The Bertz CT molecular complexity index is 871. The molecule has 0 unspecified atom stereocenters. The topological polar surface area (TPSA) is 51.1 Å². The van der Waals surface area contributed by atoms with Gasteiger partial charge in [0.25, 0.3) is 11.1 Å². The first-order valence-corrected chi connectivity index (χ1v) is 8.33. The number of hydrogen-bond donors (Lipinski definition) is 1. The van der Waals surface area contributed by atoms with E-state index in [2.05, 4.69) is 5.32 Å². The predicted octanol–water partition coefficient (Wildman–Crippen LogP) is 4.72. The first-order valence-electron chi connectivity index (χ1n) is 6.76. The van der Waals surface area contributed by atoms with Gasteiger partial charge in [0.2, 0.25) is 0 Å². The molecule has 0 bridgehead atoms. The maximum atomic E-state index is 11.7. The molecule has 2 amide bonds. The highest BCUT2D eigenvalue weighted by Gasteiger charge is 2.25. The first-order chi connectivity index (χ1) is 10.9. The molecule has 1 aliphatic rings. The first kappa shape index (κ1) is 16.2. The number of hydrogen-bond acceptors (Lipinski definition) is 3. The van der Waals surface area contributed by atoms with Crippen molar-refractivity contribution in [2.75, 3.05) is 0 Å². The number of carbonyl (C=O) groups excluding carboxylic acids is 2. The van der Waals surface area contributed by atoms with E-state index in [-0.39, 0.29) is 11.1 Å². The number of nitrogens with zero attached hydrogens (tertiary/aromatic N) is 1. The van der Waals surface area contributed by atoms with Crippen molar-refractivity contribution in [2.24, 2.45) is 0 Å². The molecule has 4 nitrogen and oxygen atoms in total. The van der Waals surface area contributed by atoms with Crippen LogP contribution in [-0.4, -0.2) is 15.7 Å². The summed E-state index contributed by atoms with van der Waals surface area (Å²) in [7, 11) is 0. The van der Waals surface area contributed by atoms with Crippen LogP contribution in [0.5, 0.6) is 0 Å². The van der Waals surface area contributed by atoms with Crippen LogP contribution in [0.25, 0.3) is 11.8 Å². The largest absolute Gasteiger partial charge is 0.318 e. The summed E-state index contributed by atoms with van der Waals surface area (Å²) in [4.78, 5) is 23.3. The number of aromatic nitrogens is 1. The van der Waals surface area contributed by atoms with Gasteiger partial charge in [-0.1, -0.05) is 23.2 Å². The van der Waals surface area contributed by atoms with Crippen LogP contribution in [0.1, 0.15) is 17.0 Å². The number of rotatable bonds is 2. The quantitative estimate of drug-likeness (QED) is 0.781. The molecule has 1 aromatic carbocycles. The molecule has 0 saturated carbocycles. The Morgan fingerprint density at radius 1 is 1.13 bits per heavy atom. The summed E-state index contributed by atoms with van der Waals surface area (Å²) >= 11 is 13.0. The molecule has 23 heavy (non-hydrogen) atoms. The number of halogens is 2. The molecular weight excluding hydrogens is 355 g/mol. The van der Waals surface area contributed by atoms with E-state index >= 15 is 0 Å². The van der Waals surface area contributed by atoms with Crippen LogP contribution in [-0.2, 0) is 4.79 Å². The highest BCUT2D eigenvalue weighted by Crippen LogP contribution is 2.30. The van der Waals surface area contributed by atoms with Crippen LogP contribution in [0.15, 0.2) is 29.2 Å². The molecule has 0 radical (unpaired) electrons. The molecule has 7 heteroatoms. The summed E-state index contributed by atoms with van der Waals surface area (Å²) in [6.07, 6.45) is 1.72. The van der Waals surface area contributed by atoms with Crippen LogP contribution in [0.4, 0.5) is 4.79 Å². The van der Waals surface area contributed by atoms with E-state index in [1.165, 1.54) is 0 Å². The third-order valence-electron chi connectivity index (χ3n) is 3.56. The van der Waals surface area contributed by atoms with Gasteiger partial charge in [-0.3, -0.25) is 14.9 Å². The molecule has 1 saturated heterocycles. The second-order valence-corrected chi connectivity index (χ2v) is 6.94. The Morgan fingerprint density at radius 2 is 1.87 bits per heavy atom. The number of thioether (sulfide) groups is 1. The standard InChI is InChI=1S/C16H12Cl2N2O2S/c1-8-5-10(6-14-15(21)19-16(22)23-14)9(2)20(8)11-3-4-12(17)13(18)7-11/h3-7H,1-2H3,(H,19,21,22)/b14-6-. The molecule has 118 valence electrons. The Kier molecular flexibility index (Phi) is 4.27. The Labute approximate surface area is 147 Å². The fraction of sp³-hybridized carbons (Fsp3) is 0.125. The van der Waals surface area contributed by atoms with Gasteiger partial charge < -0.3 is 4.57 Å². The fourth-order valence-electron chi connectivity index (χ4n) is 2.52. The minimum atomic E-state index is -0.362. The Morgan fingerprint density at radius 3 is 2.48 bits per heavy atom. The number of nitrogens with one attached hydrogen (secondary N) is 1. The zero-order valence-corrected chi connectivity index (χ0v) is 14.6. The molecule has 0 aliphatic carbocycles. The van der Waals surface area contributed by atoms with Crippen molar-refractivity contribution in [1.29, 1.82) is 0 Å². The second kappa shape index (κ2) is 6.07. The number of amides is 2. The normalized spacial score (nSPS) is 16.3. The number of benzene rings is 1. The molecular formula is C16H12Cl2N2O2S. The van der Waals surface area contributed by atoms with Crippen molar-refractivity contribution in [3.8, 4) is 5.69 Å². The monoisotopic (exact) mass is 366 g/mol. The summed E-state index contributed by atoms with van der Waals surface area (Å²) in [5.74, 6) is -0.362. The number of imide groups is 1. The average Bonchev–Trinajstić information content (AvgIpc) is 2.93. The van der Waals surface area contributed by atoms with E-state index in [0.29, 0.717) is 15.0 Å². The molecule has 1 aromatic heterocycles. The lowest BCUT2D eigenvalue weighted by molar-refractivity contribution is -0.115. The van der Waals surface area contributed by atoms with Gasteiger partial charge in [0.05, 0.1) is 15.0 Å². The second-order valence-electron chi connectivity index (χ2n) is 5.11. The SMILES string of the molecule is Cc1cc(/C=C2\SC(=O)NC2=O)c(C)n1-c1ccc(Cl)c(Cl)c1. The highest BCUT2D eigenvalue weighted by atomic mass is 35.5. The van der Waals surface area contributed by atoms with Crippen LogP contribution < -0.4 is 5.32 Å². The zero-order valence-electron chi connectivity index (χ0n) is 12.3. The zero-order chi connectivity index (χ0) is 16.7. The fourth-order valence-corrected chi connectivity index (χ4v) is 3.48. The lowest BCUT2D eigenvalue weighted by Crippen LogP contribution is -2.17. The van der Waals surface area contributed by atoms with Gasteiger partial charge in [-0.05, 0) is 61.5 Å². The number of carbonyl (C=O) groups is 2. The molecule has 1 fully saturated rings. The number of aryl methyl sites for hydroxylation is 1. The van der Waals surface area contributed by atoms with E-state index in [1.807, 2.05) is 30.5 Å². The van der Waals surface area contributed by atoms with Crippen LogP contribution >= 0.6 is 35.0 Å². The maximum absolute atomic E-state index is 11.7. The molecule has 2 heterocycles. The summed E-state index contributed by atoms with van der Waals surface area (Å²) in [6, 6.07) is 7.38. The molecule has 2 aromatic rings. The average molecular weight is 367 g/mol. The van der Waals surface area contributed by atoms with Crippen LogP contribution in [0.3, 0.4) is 0 Å². The minimum Gasteiger partial charge on any atom is -0.318 e. The van der Waals surface area contributed by atoms with Crippen molar-refractivity contribution >= 4 is 52.2 Å². The van der Waals surface area contributed by atoms with E-state index < -0.39 is 0 Å². The highest BCUT2D eigenvalue weighted by molar-refractivity contribution is 8.18. The van der Waals surface area contributed by atoms with E-state index in [4.69, 9.17) is 23.2 Å². The van der Waals surface area contributed by atoms with Crippen molar-refractivity contribution in [1.82, 2.24) is 9.88 Å². The van der Waals surface area contributed by atoms with Gasteiger partial charge in [0, 0.05) is 17.1 Å². The molecule has 1 N–H and O–H groups in total. The van der Waals surface area contributed by atoms with E-state index in [0.717, 1.165) is 34.4 Å². The van der Waals surface area contributed by atoms with Crippen molar-refractivity contribution < 1.29 is 9.59 Å². The van der Waals surface area contributed by atoms with Crippen molar-refractivity contribution in [3.05, 3.63) is 56.2 Å². The summed E-state index contributed by atoms with van der Waals surface area (Å²) in [5, 5.41) is 2.88. The van der Waals surface area contributed by atoms with Crippen molar-refractivity contribution in [2.45, 2.75) is 13.8 Å². The third-order valence-corrected chi connectivity index (χ3v) is 5.11. The van der Waals surface area contributed by atoms with Crippen LogP contribution in [0, 0.1) is 13.8 Å². The maximum Gasteiger partial charge on any atom is 0.290 e. The summed E-state index contributed by atoms with van der Waals surface area (Å²) < 4.78 is 2.02. The lowest BCUT2D eigenvalue weighted by Gasteiger charge is -2.10. The van der Waals surface area contributed by atoms with E-state index in [9.17, 15) is 9.59 Å². The molecule has 1 aliphatic heterocycles. The van der Waals surface area contributed by atoms with Gasteiger partial charge in [-0.25, -0.2) is 0 Å². The lowest BCUT2D eigenvalue weighted by atomic mass is 10.2. The smallest absolute Gasteiger partial charge is 0.290 e. The summed E-state index contributed by atoms with van der Waals surface area (Å²) in [6.45, 7) is 3.91. The van der Waals surface area contributed by atoms with Gasteiger partial charge >= 0.3 is 0 Å². The molecule has 0 spiro atoms. The van der Waals surface area contributed by atoms with Gasteiger partial charge in [-0.2, -0.15) is 0 Å². The van der Waals surface area contributed by atoms with Crippen LogP contribution in [0.2, 0.25) is 10.0 Å².